The smallest absolute Gasteiger partial charge is 0.177 e. The Morgan fingerprint density at radius 1 is 1.12 bits per heavy atom. The van der Waals surface area contributed by atoms with E-state index in [0.29, 0.717) is 6.42 Å². The van der Waals surface area contributed by atoms with E-state index in [4.69, 9.17) is 0 Å². The third-order valence-electron chi connectivity index (χ3n) is 2.16. The standard InChI is InChI=1S/C12H8Br2OS/c13-9-4-2-1-3-8(9)7-10(15)11-5-6-12(14)16-11/h1-6H,7H2. The molecule has 0 aliphatic carbocycles. The van der Waals surface area contributed by atoms with E-state index in [-0.39, 0.29) is 5.78 Å². The van der Waals surface area contributed by atoms with Crippen LogP contribution in [0.3, 0.4) is 0 Å². The lowest BCUT2D eigenvalue weighted by Crippen LogP contribution is -2.01. The summed E-state index contributed by atoms with van der Waals surface area (Å²) in [6, 6.07) is 11.6. The lowest BCUT2D eigenvalue weighted by molar-refractivity contribution is 0.0996. The van der Waals surface area contributed by atoms with Crippen LogP contribution in [0.5, 0.6) is 0 Å². The van der Waals surface area contributed by atoms with Crippen molar-refractivity contribution in [3.63, 3.8) is 0 Å². The molecule has 1 nitrogen and oxygen atoms in total. The molecule has 2 rings (SSSR count). The maximum absolute atomic E-state index is 11.9. The molecule has 0 atom stereocenters. The number of halogens is 2. The van der Waals surface area contributed by atoms with Crippen molar-refractivity contribution in [3.05, 3.63) is 55.1 Å². The van der Waals surface area contributed by atoms with E-state index in [2.05, 4.69) is 31.9 Å². The average Bonchev–Trinajstić information content (AvgIpc) is 2.68. The Balaban J connectivity index is 2.17. The molecule has 0 N–H and O–H groups in total. The van der Waals surface area contributed by atoms with E-state index in [9.17, 15) is 4.79 Å². The van der Waals surface area contributed by atoms with Gasteiger partial charge in [0.05, 0.1) is 8.66 Å². The van der Waals surface area contributed by atoms with Crippen LogP contribution in [0.2, 0.25) is 0 Å². The Bertz CT molecular complexity index is 519. The number of hydrogen-bond donors (Lipinski definition) is 0. The predicted molar refractivity (Wildman–Crippen MR) is 74.2 cm³/mol. The van der Waals surface area contributed by atoms with Gasteiger partial charge in [-0.1, -0.05) is 34.1 Å². The van der Waals surface area contributed by atoms with E-state index in [1.165, 1.54) is 11.3 Å². The molecule has 2 aromatic rings. The second-order valence-electron chi connectivity index (χ2n) is 3.30. The van der Waals surface area contributed by atoms with Gasteiger partial charge in [-0.05, 0) is 39.7 Å². The number of benzene rings is 1. The summed E-state index contributed by atoms with van der Waals surface area (Å²) < 4.78 is 1.97. The van der Waals surface area contributed by atoms with Gasteiger partial charge in [-0.3, -0.25) is 4.79 Å². The molecule has 0 fully saturated rings. The monoisotopic (exact) mass is 358 g/mol. The maximum Gasteiger partial charge on any atom is 0.177 e. The first-order valence-electron chi connectivity index (χ1n) is 4.69. The number of carbonyl (C=O) groups is 1. The minimum absolute atomic E-state index is 0.155. The fraction of sp³-hybridized carbons (Fsp3) is 0.0833. The zero-order valence-corrected chi connectivity index (χ0v) is 12.2. The van der Waals surface area contributed by atoms with Crippen molar-refractivity contribution in [2.75, 3.05) is 0 Å². The highest BCUT2D eigenvalue weighted by Gasteiger charge is 2.10. The van der Waals surface area contributed by atoms with Crippen LogP contribution < -0.4 is 0 Å². The van der Waals surface area contributed by atoms with E-state index < -0.39 is 0 Å². The fourth-order valence-corrected chi connectivity index (χ4v) is 3.11. The second-order valence-corrected chi connectivity index (χ2v) is 6.61. The molecule has 1 heterocycles. The van der Waals surface area contributed by atoms with Gasteiger partial charge in [-0.2, -0.15) is 0 Å². The first kappa shape index (κ1) is 12.0. The van der Waals surface area contributed by atoms with Crippen molar-refractivity contribution in [2.45, 2.75) is 6.42 Å². The van der Waals surface area contributed by atoms with Gasteiger partial charge in [0, 0.05) is 10.9 Å². The average molecular weight is 360 g/mol. The molecule has 82 valence electrons. The third-order valence-corrected chi connectivity index (χ3v) is 4.60. The number of thiophene rings is 1. The highest BCUT2D eigenvalue weighted by atomic mass is 79.9. The molecule has 0 amide bonds. The molecular formula is C12H8Br2OS. The summed E-state index contributed by atoms with van der Waals surface area (Å²) in [4.78, 5) is 12.7. The molecular weight excluding hydrogens is 352 g/mol. The highest BCUT2D eigenvalue weighted by Crippen LogP contribution is 2.24. The Labute approximate surface area is 115 Å². The quantitative estimate of drug-likeness (QED) is 0.726. The molecule has 0 aliphatic rings. The lowest BCUT2D eigenvalue weighted by Gasteiger charge is -2.01. The SMILES string of the molecule is O=C(Cc1ccccc1Br)c1ccc(Br)s1. The zero-order valence-electron chi connectivity index (χ0n) is 8.24. The van der Waals surface area contributed by atoms with Gasteiger partial charge in [-0.15, -0.1) is 11.3 Å². The van der Waals surface area contributed by atoms with Crippen LogP contribution in [0.1, 0.15) is 15.2 Å². The molecule has 16 heavy (non-hydrogen) atoms. The molecule has 0 unspecified atom stereocenters. The number of carbonyl (C=O) groups excluding carboxylic acids is 1. The molecule has 0 aliphatic heterocycles. The van der Waals surface area contributed by atoms with Crippen LogP contribution in [-0.4, -0.2) is 5.78 Å². The summed E-state index contributed by atoms with van der Waals surface area (Å²) in [5.41, 5.74) is 1.03. The minimum Gasteiger partial charge on any atom is -0.293 e. The zero-order chi connectivity index (χ0) is 11.5. The summed E-state index contributed by atoms with van der Waals surface area (Å²) in [5.74, 6) is 0.155. The highest BCUT2D eigenvalue weighted by molar-refractivity contribution is 9.11. The summed E-state index contributed by atoms with van der Waals surface area (Å²) in [6.45, 7) is 0. The minimum atomic E-state index is 0.155. The van der Waals surface area contributed by atoms with Crippen LogP contribution in [-0.2, 0) is 6.42 Å². The maximum atomic E-state index is 11.9. The Hall–Kier alpha value is -0.450. The van der Waals surface area contributed by atoms with E-state index >= 15 is 0 Å². The Morgan fingerprint density at radius 3 is 2.50 bits per heavy atom. The van der Waals surface area contributed by atoms with E-state index in [1.807, 2.05) is 36.4 Å². The van der Waals surface area contributed by atoms with Gasteiger partial charge < -0.3 is 0 Å². The van der Waals surface area contributed by atoms with Crippen molar-refractivity contribution in [1.82, 2.24) is 0 Å². The largest absolute Gasteiger partial charge is 0.293 e. The second kappa shape index (κ2) is 5.25. The van der Waals surface area contributed by atoms with E-state index in [0.717, 1.165) is 18.7 Å². The lowest BCUT2D eigenvalue weighted by atomic mass is 10.1. The van der Waals surface area contributed by atoms with Gasteiger partial charge in [0.1, 0.15) is 0 Å². The topological polar surface area (TPSA) is 17.1 Å². The number of rotatable bonds is 3. The first-order chi connectivity index (χ1) is 7.66. The molecule has 1 aromatic heterocycles. The van der Waals surface area contributed by atoms with Gasteiger partial charge in [-0.25, -0.2) is 0 Å². The van der Waals surface area contributed by atoms with Crippen LogP contribution in [0, 0.1) is 0 Å². The number of hydrogen-bond acceptors (Lipinski definition) is 2. The van der Waals surface area contributed by atoms with Crippen molar-refractivity contribution in [2.24, 2.45) is 0 Å². The van der Waals surface area contributed by atoms with Crippen LogP contribution >= 0.6 is 43.2 Å². The molecule has 0 spiro atoms. The number of ketones is 1. The summed E-state index contributed by atoms with van der Waals surface area (Å²) in [6.07, 6.45) is 0.439. The van der Waals surface area contributed by atoms with Crippen LogP contribution in [0.25, 0.3) is 0 Å². The van der Waals surface area contributed by atoms with Gasteiger partial charge in [0.25, 0.3) is 0 Å². The van der Waals surface area contributed by atoms with Crippen LogP contribution in [0.15, 0.2) is 44.7 Å². The van der Waals surface area contributed by atoms with Crippen molar-refractivity contribution < 1.29 is 4.79 Å². The fourth-order valence-electron chi connectivity index (χ4n) is 1.37. The molecule has 0 radical (unpaired) electrons. The molecule has 4 heteroatoms. The number of Topliss-reactive ketones (excluding diaryl/α,β-unsaturated/α-hetero) is 1. The summed E-state index contributed by atoms with van der Waals surface area (Å²) in [7, 11) is 0. The summed E-state index contributed by atoms with van der Waals surface area (Å²) >= 11 is 8.27. The van der Waals surface area contributed by atoms with Crippen molar-refractivity contribution in [3.8, 4) is 0 Å². The molecule has 1 aromatic carbocycles. The molecule has 0 saturated carbocycles. The van der Waals surface area contributed by atoms with Gasteiger partial charge in [0.15, 0.2) is 5.78 Å². The first-order valence-corrected chi connectivity index (χ1v) is 7.09. The third kappa shape index (κ3) is 2.81. The Morgan fingerprint density at radius 2 is 1.88 bits per heavy atom. The molecule has 0 bridgehead atoms. The Kier molecular flexibility index (Phi) is 3.95. The van der Waals surface area contributed by atoms with Crippen LogP contribution in [0.4, 0.5) is 0 Å². The van der Waals surface area contributed by atoms with E-state index in [1.54, 1.807) is 0 Å². The van der Waals surface area contributed by atoms with Gasteiger partial charge in [0.2, 0.25) is 0 Å². The summed E-state index contributed by atoms with van der Waals surface area (Å²) in [5, 5.41) is 0. The van der Waals surface area contributed by atoms with Gasteiger partial charge >= 0.3 is 0 Å². The predicted octanol–water partition coefficient (Wildman–Crippen LogP) is 4.70. The van der Waals surface area contributed by atoms with Crippen molar-refractivity contribution in [1.29, 1.82) is 0 Å². The van der Waals surface area contributed by atoms with Crippen molar-refractivity contribution >= 4 is 49.0 Å². The molecule has 0 saturated heterocycles. The normalized spacial score (nSPS) is 10.4.